The number of amidine groups is 1. The van der Waals surface area contributed by atoms with Gasteiger partial charge >= 0.3 is 0 Å². The van der Waals surface area contributed by atoms with Gasteiger partial charge in [-0.1, -0.05) is 66.7 Å². The Morgan fingerprint density at radius 3 is 2.22 bits per heavy atom. The second-order valence-corrected chi connectivity index (χ2v) is 10.2. The van der Waals surface area contributed by atoms with E-state index >= 15 is 0 Å². The van der Waals surface area contributed by atoms with Gasteiger partial charge in [-0.15, -0.1) is 0 Å². The Morgan fingerprint density at radius 2 is 1.56 bits per heavy atom. The van der Waals surface area contributed by atoms with Gasteiger partial charge in [-0.05, 0) is 64.4 Å². The predicted molar refractivity (Wildman–Crippen MR) is 161 cm³/mol. The molecule has 1 aliphatic heterocycles. The number of nitro benzene ring substituents is 1. The topological polar surface area (TPSA) is 94.3 Å². The van der Waals surface area contributed by atoms with E-state index in [9.17, 15) is 14.9 Å². The minimum absolute atomic E-state index is 0.0265. The van der Waals surface area contributed by atoms with Crippen molar-refractivity contribution in [1.82, 2.24) is 4.90 Å². The third-order valence-electron chi connectivity index (χ3n) is 6.34. The Bertz CT molecular complexity index is 1590. The van der Waals surface area contributed by atoms with Gasteiger partial charge in [0.1, 0.15) is 6.61 Å². The lowest BCUT2D eigenvalue weighted by Crippen LogP contribution is -2.28. The van der Waals surface area contributed by atoms with Crippen molar-refractivity contribution in [3.05, 3.63) is 140 Å². The van der Waals surface area contributed by atoms with Crippen LogP contribution in [0.3, 0.4) is 0 Å². The molecule has 0 radical (unpaired) electrons. The zero-order valence-corrected chi connectivity index (χ0v) is 23.1. The van der Waals surface area contributed by atoms with Crippen LogP contribution in [0, 0.1) is 10.1 Å². The summed E-state index contributed by atoms with van der Waals surface area (Å²) in [6.07, 6.45) is 1.83. The lowest BCUT2D eigenvalue weighted by Gasteiger charge is -2.15. The summed E-state index contributed by atoms with van der Waals surface area (Å²) in [4.78, 5) is 31.1. The highest BCUT2D eigenvalue weighted by Crippen LogP contribution is 2.36. The van der Waals surface area contributed by atoms with Crippen LogP contribution in [0.5, 0.6) is 11.5 Å². The molecule has 1 fully saturated rings. The maximum atomic E-state index is 13.5. The first-order valence-corrected chi connectivity index (χ1v) is 13.7. The minimum Gasteiger partial charge on any atom is -0.493 e. The average molecular weight is 566 g/mol. The van der Waals surface area contributed by atoms with E-state index < -0.39 is 4.92 Å². The summed E-state index contributed by atoms with van der Waals surface area (Å²) in [6, 6.07) is 31.5. The van der Waals surface area contributed by atoms with E-state index in [1.54, 1.807) is 30.2 Å². The maximum Gasteiger partial charge on any atom is 0.269 e. The molecule has 1 aliphatic rings. The summed E-state index contributed by atoms with van der Waals surface area (Å²) in [5.74, 6) is 0.924. The third kappa shape index (κ3) is 7.01. The number of hydrogen-bond acceptors (Lipinski definition) is 7. The molecule has 4 aromatic carbocycles. The fraction of sp³-hybridized carbons (Fsp3) is 0.125. The first-order valence-electron chi connectivity index (χ1n) is 12.9. The first kappa shape index (κ1) is 27.7. The monoisotopic (exact) mass is 565 g/mol. The van der Waals surface area contributed by atoms with Gasteiger partial charge < -0.3 is 9.47 Å². The SMILES string of the molecule is COc1cc(C=C2SC(=NCc3ccccc3)N(Cc3ccccc3)C2=O)ccc1OCc1ccc([N+](=O)[O-])cc1. The van der Waals surface area contributed by atoms with Crippen LogP contribution in [0.2, 0.25) is 0 Å². The normalized spacial score (nSPS) is 15.0. The summed E-state index contributed by atoms with van der Waals surface area (Å²) in [7, 11) is 1.55. The summed E-state index contributed by atoms with van der Waals surface area (Å²) in [5.41, 5.74) is 3.69. The average Bonchev–Trinajstić information content (AvgIpc) is 3.29. The van der Waals surface area contributed by atoms with E-state index in [0.29, 0.717) is 34.7 Å². The number of carbonyl (C=O) groups is 1. The molecule has 206 valence electrons. The Morgan fingerprint density at radius 1 is 0.878 bits per heavy atom. The van der Waals surface area contributed by atoms with Crippen LogP contribution in [0.15, 0.2) is 113 Å². The van der Waals surface area contributed by atoms with Gasteiger partial charge in [0, 0.05) is 12.1 Å². The molecule has 0 aromatic heterocycles. The van der Waals surface area contributed by atoms with Gasteiger partial charge in [0.15, 0.2) is 16.7 Å². The van der Waals surface area contributed by atoms with Crippen LogP contribution < -0.4 is 9.47 Å². The van der Waals surface area contributed by atoms with Crippen LogP contribution >= 0.6 is 11.8 Å². The quantitative estimate of drug-likeness (QED) is 0.119. The number of thioether (sulfide) groups is 1. The molecular formula is C32H27N3O5S. The van der Waals surface area contributed by atoms with Gasteiger partial charge in [-0.3, -0.25) is 24.8 Å². The molecule has 0 unspecified atom stereocenters. The minimum atomic E-state index is -0.437. The van der Waals surface area contributed by atoms with E-state index in [0.717, 1.165) is 22.3 Å². The maximum absolute atomic E-state index is 13.5. The molecule has 5 rings (SSSR count). The van der Waals surface area contributed by atoms with Gasteiger partial charge in [-0.2, -0.15) is 0 Å². The summed E-state index contributed by atoms with van der Waals surface area (Å²) >= 11 is 1.36. The highest BCUT2D eigenvalue weighted by atomic mass is 32.2. The Balaban J connectivity index is 1.35. The number of nitrogens with zero attached hydrogens (tertiary/aromatic N) is 3. The number of non-ortho nitro benzene ring substituents is 1. The van der Waals surface area contributed by atoms with Crippen molar-refractivity contribution >= 4 is 34.6 Å². The molecule has 8 nitrogen and oxygen atoms in total. The number of amides is 1. The van der Waals surface area contributed by atoms with Crippen molar-refractivity contribution in [2.45, 2.75) is 19.7 Å². The number of hydrogen-bond donors (Lipinski definition) is 0. The number of benzene rings is 4. The van der Waals surface area contributed by atoms with E-state index in [-0.39, 0.29) is 18.2 Å². The Labute approximate surface area is 242 Å². The summed E-state index contributed by atoms with van der Waals surface area (Å²) in [6.45, 7) is 1.12. The van der Waals surface area contributed by atoms with Crippen molar-refractivity contribution < 1.29 is 19.2 Å². The molecular weight excluding hydrogens is 538 g/mol. The number of rotatable bonds is 10. The molecule has 4 aromatic rings. The molecule has 0 N–H and O–H groups in total. The number of aliphatic imine (C=N–C) groups is 1. The van der Waals surface area contributed by atoms with Crippen LogP contribution in [0.1, 0.15) is 22.3 Å². The van der Waals surface area contributed by atoms with Crippen molar-refractivity contribution in [3.63, 3.8) is 0 Å². The fourth-order valence-electron chi connectivity index (χ4n) is 4.19. The van der Waals surface area contributed by atoms with Crippen molar-refractivity contribution in [3.8, 4) is 11.5 Å². The third-order valence-corrected chi connectivity index (χ3v) is 7.38. The second kappa shape index (κ2) is 13.0. The van der Waals surface area contributed by atoms with Crippen LogP contribution in [0.25, 0.3) is 6.08 Å². The number of carbonyl (C=O) groups excluding carboxylic acids is 1. The lowest BCUT2D eigenvalue weighted by molar-refractivity contribution is -0.384. The molecule has 0 saturated carbocycles. The number of methoxy groups -OCH3 is 1. The zero-order valence-electron chi connectivity index (χ0n) is 22.3. The first-order chi connectivity index (χ1) is 20.0. The van der Waals surface area contributed by atoms with Gasteiger partial charge in [0.2, 0.25) is 0 Å². The molecule has 0 atom stereocenters. The highest BCUT2D eigenvalue weighted by molar-refractivity contribution is 8.18. The predicted octanol–water partition coefficient (Wildman–Crippen LogP) is 6.86. The number of nitro groups is 1. The lowest BCUT2D eigenvalue weighted by atomic mass is 10.1. The van der Waals surface area contributed by atoms with Crippen LogP contribution in [-0.4, -0.2) is 28.0 Å². The van der Waals surface area contributed by atoms with E-state index in [1.807, 2.05) is 78.9 Å². The van der Waals surface area contributed by atoms with Gasteiger partial charge in [0.25, 0.3) is 11.6 Å². The summed E-state index contributed by atoms with van der Waals surface area (Å²) < 4.78 is 11.5. The van der Waals surface area contributed by atoms with Crippen molar-refractivity contribution in [2.24, 2.45) is 4.99 Å². The molecule has 1 heterocycles. The van der Waals surface area contributed by atoms with E-state index in [1.165, 1.54) is 23.9 Å². The molecule has 0 aliphatic carbocycles. The smallest absolute Gasteiger partial charge is 0.269 e. The molecule has 0 bridgehead atoms. The van der Waals surface area contributed by atoms with Crippen LogP contribution in [0.4, 0.5) is 5.69 Å². The molecule has 0 spiro atoms. The highest BCUT2D eigenvalue weighted by Gasteiger charge is 2.33. The Hall–Kier alpha value is -4.89. The van der Waals surface area contributed by atoms with E-state index in [4.69, 9.17) is 14.5 Å². The van der Waals surface area contributed by atoms with Crippen molar-refractivity contribution in [1.29, 1.82) is 0 Å². The largest absolute Gasteiger partial charge is 0.493 e. The number of ether oxygens (including phenoxy) is 2. The van der Waals surface area contributed by atoms with Crippen molar-refractivity contribution in [2.75, 3.05) is 7.11 Å². The zero-order chi connectivity index (χ0) is 28.6. The molecule has 1 saturated heterocycles. The Kier molecular flexibility index (Phi) is 8.76. The van der Waals surface area contributed by atoms with Gasteiger partial charge in [-0.25, -0.2) is 0 Å². The van der Waals surface area contributed by atoms with Crippen LogP contribution in [-0.2, 0) is 24.5 Å². The molecule has 1 amide bonds. The summed E-state index contributed by atoms with van der Waals surface area (Å²) in [5, 5.41) is 11.5. The second-order valence-electron chi connectivity index (χ2n) is 9.19. The van der Waals surface area contributed by atoms with Gasteiger partial charge in [0.05, 0.1) is 30.0 Å². The standard InChI is InChI=1S/C32H27N3O5S/c1-39-29-18-26(14-17-28(29)40-22-25-12-15-27(16-13-25)35(37)38)19-30-31(36)34(21-24-10-6-3-7-11-24)32(41-30)33-20-23-8-4-2-5-9-23/h2-19H,20-22H2,1H3. The molecule has 9 heteroatoms. The van der Waals surface area contributed by atoms with E-state index in [2.05, 4.69) is 0 Å². The fourth-order valence-corrected chi connectivity index (χ4v) is 5.17. The molecule has 41 heavy (non-hydrogen) atoms.